The molecule has 2 rings (SSSR count). The third-order valence-corrected chi connectivity index (χ3v) is 6.10. The number of hydrogen-bond acceptors (Lipinski definition) is 3. The van der Waals surface area contributed by atoms with Crippen molar-refractivity contribution in [2.24, 2.45) is 4.99 Å². The molecule has 0 aromatic heterocycles. The van der Waals surface area contributed by atoms with Crippen LogP contribution in [0.5, 0.6) is 0 Å². The number of nitrogens with zero attached hydrogens (tertiary/aromatic N) is 2. The van der Waals surface area contributed by atoms with Gasteiger partial charge in [0, 0.05) is 44.2 Å². The first-order valence-corrected chi connectivity index (χ1v) is 9.96. The summed E-state index contributed by atoms with van der Waals surface area (Å²) in [6, 6.07) is 10.6. The normalized spacial score (nSPS) is 20.0. The molecule has 1 atom stereocenters. The number of nitrogens with one attached hydrogen (secondary N) is 2. The van der Waals surface area contributed by atoms with E-state index in [0.717, 1.165) is 32.0 Å². The smallest absolute Gasteiger partial charge is 0.191 e. The SMILES string of the molecule is CN=C(NCCCCN(C)c1ccccc1)NCC1(C)CCCS1.I. The lowest BCUT2D eigenvalue weighted by Gasteiger charge is -2.24. The largest absolute Gasteiger partial charge is 0.375 e. The van der Waals surface area contributed by atoms with Gasteiger partial charge < -0.3 is 15.5 Å². The second-order valence-corrected chi connectivity index (χ2v) is 8.40. The van der Waals surface area contributed by atoms with Crippen molar-refractivity contribution in [3.05, 3.63) is 30.3 Å². The molecule has 0 amide bonds. The van der Waals surface area contributed by atoms with Gasteiger partial charge in [0.2, 0.25) is 0 Å². The van der Waals surface area contributed by atoms with E-state index in [1.54, 1.807) is 0 Å². The minimum absolute atomic E-state index is 0. The first-order valence-electron chi connectivity index (χ1n) is 8.98. The molecule has 1 aliphatic rings. The van der Waals surface area contributed by atoms with E-state index in [2.05, 4.69) is 76.6 Å². The third kappa shape index (κ3) is 8.07. The van der Waals surface area contributed by atoms with Crippen LogP contribution in [0.4, 0.5) is 5.69 Å². The van der Waals surface area contributed by atoms with Gasteiger partial charge in [-0.25, -0.2) is 0 Å². The van der Waals surface area contributed by atoms with Crippen LogP contribution in [0.3, 0.4) is 0 Å². The molecule has 1 aromatic carbocycles. The maximum absolute atomic E-state index is 4.34. The van der Waals surface area contributed by atoms with Crippen LogP contribution in [0, 0.1) is 0 Å². The summed E-state index contributed by atoms with van der Waals surface area (Å²) >= 11 is 2.08. The topological polar surface area (TPSA) is 39.7 Å². The number of hydrogen-bond donors (Lipinski definition) is 2. The number of anilines is 1. The Morgan fingerprint density at radius 2 is 2.00 bits per heavy atom. The van der Waals surface area contributed by atoms with E-state index in [1.807, 2.05) is 7.05 Å². The predicted octanol–water partition coefficient (Wildman–Crippen LogP) is 3.97. The number of thioether (sulfide) groups is 1. The minimum Gasteiger partial charge on any atom is -0.375 e. The average Bonchev–Trinajstić information content (AvgIpc) is 3.04. The lowest BCUT2D eigenvalue weighted by molar-refractivity contribution is 0.582. The minimum atomic E-state index is 0. The van der Waals surface area contributed by atoms with Crippen LogP contribution in [0.15, 0.2) is 35.3 Å². The van der Waals surface area contributed by atoms with Crippen LogP contribution in [0.1, 0.15) is 32.6 Å². The maximum atomic E-state index is 4.34. The Kier molecular flexibility index (Phi) is 10.7. The second kappa shape index (κ2) is 11.9. The Hall–Kier alpha value is -0.630. The summed E-state index contributed by atoms with van der Waals surface area (Å²) in [5, 5.41) is 6.92. The summed E-state index contributed by atoms with van der Waals surface area (Å²) in [6.45, 7) is 5.39. The molecule has 1 aliphatic heterocycles. The summed E-state index contributed by atoms with van der Waals surface area (Å²) in [7, 11) is 4.01. The maximum Gasteiger partial charge on any atom is 0.191 e. The lowest BCUT2D eigenvalue weighted by atomic mass is 10.1. The zero-order chi connectivity index (χ0) is 17.3. The molecule has 2 N–H and O–H groups in total. The number of unbranched alkanes of at least 4 members (excludes halogenated alkanes) is 1. The molecule has 1 unspecified atom stereocenters. The Morgan fingerprint density at radius 3 is 2.64 bits per heavy atom. The molecule has 0 aliphatic carbocycles. The molecule has 4 nitrogen and oxygen atoms in total. The van der Waals surface area contributed by atoms with Crippen molar-refractivity contribution >= 4 is 47.4 Å². The van der Waals surface area contributed by atoms with Crippen molar-refractivity contribution in [1.82, 2.24) is 10.6 Å². The van der Waals surface area contributed by atoms with Crippen molar-refractivity contribution < 1.29 is 0 Å². The van der Waals surface area contributed by atoms with Crippen LogP contribution >= 0.6 is 35.7 Å². The molecular formula is C19H33IN4S. The number of halogens is 1. The summed E-state index contributed by atoms with van der Waals surface area (Å²) in [5.74, 6) is 2.22. The standard InChI is InChI=1S/C19H32N4S.HI/c1-19(12-9-15-24-19)16-22-18(20-2)21-13-7-8-14-23(3)17-10-5-4-6-11-17;/h4-6,10-11H,7-9,12-16H2,1-3H3,(H2,20,21,22);1H. The van der Waals surface area contributed by atoms with Gasteiger partial charge in [-0.1, -0.05) is 18.2 Å². The van der Waals surface area contributed by atoms with Crippen molar-refractivity contribution in [1.29, 1.82) is 0 Å². The Bertz CT molecular complexity index is 503. The Morgan fingerprint density at radius 1 is 1.24 bits per heavy atom. The van der Waals surface area contributed by atoms with Gasteiger partial charge in [-0.05, 0) is 50.5 Å². The lowest BCUT2D eigenvalue weighted by Crippen LogP contribution is -2.43. The van der Waals surface area contributed by atoms with Crippen LogP contribution in [-0.4, -0.2) is 50.2 Å². The summed E-state index contributed by atoms with van der Waals surface area (Å²) < 4.78 is 0.371. The number of guanidine groups is 1. The average molecular weight is 476 g/mol. The first-order chi connectivity index (χ1) is 11.6. The van der Waals surface area contributed by atoms with E-state index in [9.17, 15) is 0 Å². The molecule has 0 bridgehead atoms. The number of rotatable bonds is 8. The molecule has 6 heteroatoms. The van der Waals surface area contributed by atoms with E-state index in [-0.39, 0.29) is 24.0 Å². The third-order valence-electron chi connectivity index (χ3n) is 4.56. The zero-order valence-electron chi connectivity index (χ0n) is 15.8. The van der Waals surface area contributed by atoms with Crippen molar-refractivity contribution in [3.8, 4) is 0 Å². The summed E-state index contributed by atoms with van der Waals surface area (Å²) in [6.07, 6.45) is 4.95. The number of aliphatic imine (C=N–C) groups is 1. The molecule has 25 heavy (non-hydrogen) atoms. The van der Waals surface area contributed by atoms with Gasteiger partial charge in [-0.3, -0.25) is 4.99 Å². The van der Waals surface area contributed by atoms with E-state index in [4.69, 9.17) is 0 Å². The van der Waals surface area contributed by atoms with E-state index in [0.29, 0.717) is 4.75 Å². The molecule has 0 saturated carbocycles. The Balaban J connectivity index is 0.00000312. The second-order valence-electron chi connectivity index (χ2n) is 6.72. The molecule has 1 heterocycles. The highest BCUT2D eigenvalue weighted by Gasteiger charge is 2.29. The molecule has 142 valence electrons. The monoisotopic (exact) mass is 476 g/mol. The van der Waals surface area contributed by atoms with Crippen LogP contribution in [0.25, 0.3) is 0 Å². The van der Waals surface area contributed by atoms with Gasteiger partial charge in [0.05, 0.1) is 0 Å². The van der Waals surface area contributed by atoms with Crippen LogP contribution < -0.4 is 15.5 Å². The molecule has 1 saturated heterocycles. The van der Waals surface area contributed by atoms with Crippen LogP contribution in [-0.2, 0) is 0 Å². The van der Waals surface area contributed by atoms with Gasteiger partial charge in [0.15, 0.2) is 5.96 Å². The molecule has 0 radical (unpaired) electrons. The van der Waals surface area contributed by atoms with Crippen LogP contribution in [0.2, 0.25) is 0 Å². The molecule has 1 aromatic rings. The van der Waals surface area contributed by atoms with Gasteiger partial charge >= 0.3 is 0 Å². The quantitative estimate of drug-likeness (QED) is 0.258. The highest BCUT2D eigenvalue weighted by Crippen LogP contribution is 2.36. The van der Waals surface area contributed by atoms with E-state index in [1.165, 1.54) is 30.7 Å². The highest BCUT2D eigenvalue weighted by atomic mass is 127. The molecule has 0 spiro atoms. The van der Waals surface area contributed by atoms with Gasteiger partial charge in [-0.15, -0.1) is 24.0 Å². The van der Waals surface area contributed by atoms with E-state index < -0.39 is 0 Å². The van der Waals surface area contributed by atoms with Crippen molar-refractivity contribution in [2.45, 2.75) is 37.4 Å². The predicted molar refractivity (Wildman–Crippen MR) is 124 cm³/mol. The Labute approximate surface area is 174 Å². The summed E-state index contributed by atoms with van der Waals surface area (Å²) in [4.78, 5) is 6.65. The fraction of sp³-hybridized carbons (Fsp3) is 0.632. The van der Waals surface area contributed by atoms with Crippen molar-refractivity contribution in [2.75, 3.05) is 44.4 Å². The molecular weight excluding hydrogens is 443 g/mol. The zero-order valence-corrected chi connectivity index (χ0v) is 18.9. The van der Waals surface area contributed by atoms with Gasteiger partial charge in [0.25, 0.3) is 0 Å². The summed E-state index contributed by atoms with van der Waals surface area (Å²) in [5.41, 5.74) is 1.28. The van der Waals surface area contributed by atoms with E-state index >= 15 is 0 Å². The van der Waals surface area contributed by atoms with Crippen molar-refractivity contribution in [3.63, 3.8) is 0 Å². The number of benzene rings is 1. The number of para-hydroxylation sites is 1. The fourth-order valence-electron chi connectivity index (χ4n) is 2.96. The van der Waals surface area contributed by atoms with Gasteiger partial charge in [-0.2, -0.15) is 11.8 Å². The van der Waals surface area contributed by atoms with Gasteiger partial charge in [0.1, 0.15) is 0 Å². The first kappa shape index (κ1) is 22.4. The fourth-order valence-corrected chi connectivity index (χ4v) is 4.20. The molecule has 1 fully saturated rings. The highest BCUT2D eigenvalue weighted by molar-refractivity contribution is 14.0.